The Morgan fingerprint density at radius 2 is 2.00 bits per heavy atom. The molecule has 0 aliphatic rings. The maximum absolute atomic E-state index is 13.1. The summed E-state index contributed by atoms with van der Waals surface area (Å²) in [7, 11) is 1.69. The van der Waals surface area contributed by atoms with Gasteiger partial charge in [-0.05, 0) is 48.7 Å². The third-order valence-electron chi connectivity index (χ3n) is 5.23. The van der Waals surface area contributed by atoms with Crippen LogP contribution in [0.3, 0.4) is 0 Å². The van der Waals surface area contributed by atoms with Crippen LogP contribution in [0.2, 0.25) is 0 Å². The second-order valence-corrected chi connectivity index (χ2v) is 7.92. The largest absolute Gasteiger partial charge is 0.383 e. The minimum atomic E-state index is -0.225. The van der Waals surface area contributed by atoms with Crippen molar-refractivity contribution in [2.45, 2.75) is 32.9 Å². The molecule has 0 bridgehead atoms. The molecule has 0 saturated carbocycles. The molecule has 0 saturated heterocycles. The van der Waals surface area contributed by atoms with Gasteiger partial charge in [0.05, 0.1) is 12.6 Å². The molecule has 7 nitrogen and oxygen atoms in total. The van der Waals surface area contributed by atoms with Crippen LogP contribution in [0.25, 0.3) is 16.6 Å². The van der Waals surface area contributed by atoms with Crippen LogP contribution in [0.1, 0.15) is 42.5 Å². The molecule has 30 heavy (non-hydrogen) atoms. The number of pyridine rings is 1. The van der Waals surface area contributed by atoms with Crippen molar-refractivity contribution >= 4 is 22.5 Å². The molecule has 4 aromatic rings. The maximum atomic E-state index is 13.1. The first-order chi connectivity index (χ1) is 14.6. The number of hydrogen-bond acceptors (Lipinski definition) is 4. The van der Waals surface area contributed by atoms with E-state index in [2.05, 4.69) is 33.9 Å². The van der Waals surface area contributed by atoms with E-state index in [0.29, 0.717) is 18.1 Å². The van der Waals surface area contributed by atoms with Crippen LogP contribution >= 0.6 is 0 Å². The Morgan fingerprint density at radius 3 is 2.80 bits per heavy atom. The fourth-order valence-electron chi connectivity index (χ4n) is 3.77. The highest BCUT2D eigenvalue weighted by molar-refractivity contribution is 5.98. The number of benzene rings is 1. The van der Waals surface area contributed by atoms with Gasteiger partial charge < -0.3 is 14.6 Å². The van der Waals surface area contributed by atoms with E-state index in [1.165, 1.54) is 0 Å². The van der Waals surface area contributed by atoms with Gasteiger partial charge in [-0.15, -0.1) is 10.2 Å². The zero-order chi connectivity index (χ0) is 21.1. The van der Waals surface area contributed by atoms with Gasteiger partial charge in [-0.1, -0.05) is 19.9 Å². The molecule has 3 heterocycles. The summed E-state index contributed by atoms with van der Waals surface area (Å²) in [6.07, 6.45) is 4.73. The number of methoxy groups -OCH3 is 1. The molecule has 3 aromatic heterocycles. The smallest absolute Gasteiger partial charge is 0.251 e. The minimum Gasteiger partial charge on any atom is -0.383 e. The zero-order valence-electron chi connectivity index (χ0n) is 17.6. The van der Waals surface area contributed by atoms with E-state index in [4.69, 9.17) is 4.74 Å². The van der Waals surface area contributed by atoms with Gasteiger partial charge in [0, 0.05) is 42.5 Å². The van der Waals surface area contributed by atoms with E-state index in [1.54, 1.807) is 7.11 Å². The van der Waals surface area contributed by atoms with Crippen LogP contribution in [-0.2, 0) is 11.3 Å². The van der Waals surface area contributed by atoms with Crippen LogP contribution in [0, 0.1) is 5.92 Å². The Kier molecular flexibility index (Phi) is 5.81. The zero-order valence-corrected chi connectivity index (χ0v) is 17.6. The molecule has 0 spiro atoms. The van der Waals surface area contributed by atoms with Crippen LogP contribution in [0.4, 0.5) is 0 Å². The van der Waals surface area contributed by atoms with Gasteiger partial charge in [0.15, 0.2) is 11.5 Å². The highest BCUT2D eigenvalue weighted by Crippen LogP contribution is 2.23. The van der Waals surface area contributed by atoms with Crippen molar-refractivity contribution in [3.63, 3.8) is 0 Å². The Balaban J connectivity index is 1.59. The summed E-state index contributed by atoms with van der Waals surface area (Å²) >= 11 is 0. The van der Waals surface area contributed by atoms with Gasteiger partial charge in [0.2, 0.25) is 0 Å². The molecule has 7 heteroatoms. The molecule has 0 radical (unpaired) electrons. The number of nitrogens with zero attached hydrogens (tertiary/aromatic N) is 4. The quantitative estimate of drug-likeness (QED) is 0.483. The average molecular weight is 406 g/mol. The molecular weight excluding hydrogens is 378 g/mol. The molecule has 1 amide bonds. The van der Waals surface area contributed by atoms with Gasteiger partial charge in [-0.2, -0.15) is 0 Å². The predicted molar refractivity (Wildman–Crippen MR) is 116 cm³/mol. The third-order valence-corrected chi connectivity index (χ3v) is 5.23. The van der Waals surface area contributed by atoms with Crippen molar-refractivity contribution in [3.05, 3.63) is 66.2 Å². The van der Waals surface area contributed by atoms with E-state index in [-0.39, 0.29) is 11.9 Å². The van der Waals surface area contributed by atoms with Crippen molar-refractivity contribution < 1.29 is 9.53 Å². The summed E-state index contributed by atoms with van der Waals surface area (Å²) in [6, 6.07) is 13.4. The molecule has 0 unspecified atom stereocenters. The third kappa shape index (κ3) is 4.07. The van der Waals surface area contributed by atoms with Gasteiger partial charge in [-0.3, -0.25) is 9.20 Å². The molecule has 1 N–H and O–H groups in total. The SMILES string of the molecule is COCCn1ccc2cc(C(=O)N[C@H](CC(C)C)c3nnc4ccccn34)ccc21. The summed E-state index contributed by atoms with van der Waals surface area (Å²) in [5.41, 5.74) is 2.50. The number of nitrogens with one attached hydrogen (secondary N) is 1. The lowest BCUT2D eigenvalue weighted by Gasteiger charge is -2.19. The van der Waals surface area contributed by atoms with E-state index in [9.17, 15) is 4.79 Å². The van der Waals surface area contributed by atoms with Crippen molar-refractivity contribution in [2.24, 2.45) is 5.92 Å². The Hall–Kier alpha value is -3.19. The molecular formula is C23H27N5O2. The summed E-state index contributed by atoms with van der Waals surface area (Å²) in [5, 5.41) is 12.8. The highest BCUT2D eigenvalue weighted by atomic mass is 16.5. The van der Waals surface area contributed by atoms with Crippen LogP contribution in [0.15, 0.2) is 54.9 Å². The number of hydrogen-bond donors (Lipinski definition) is 1. The molecule has 1 atom stereocenters. The van der Waals surface area contributed by atoms with E-state index in [0.717, 1.165) is 35.3 Å². The Morgan fingerprint density at radius 1 is 1.13 bits per heavy atom. The first-order valence-electron chi connectivity index (χ1n) is 10.2. The van der Waals surface area contributed by atoms with Crippen LogP contribution < -0.4 is 5.32 Å². The lowest BCUT2D eigenvalue weighted by Crippen LogP contribution is -2.31. The summed E-state index contributed by atoms with van der Waals surface area (Å²) in [5.74, 6) is 1.03. The van der Waals surface area contributed by atoms with E-state index in [1.807, 2.05) is 59.3 Å². The number of fused-ring (bicyclic) bond motifs is 2. The van der Waals surface area contributed by atoms with Gasteiger partial charge in [0.25, 0.3) is 5.91 Å². The van der Waals surface area contributed by atoms with Crippen molar-refractivity contribution in [1.82, 2.24) is 24.5 Å². The van der Waals surface area contributed by atoms with E-state index < -0.39 is 0 Å². The standard InChI is InChI=1S/C23H27N5O2/c1-16(2)14-19(22-26-25-21-6-4-5-10-28(21)22)24-23(29)18-7-8-20-17(15-18)9-11-27(20)12-13-30-3/h4-11,15-16,19H,12-14H2,1-3H3,(H,24,29)/t19-/m1/s1. The predicted octanol–water partition coefficient (Wildman–Crippen LogP) is 3.85. The van der Waals surface area contributed by atoms with E-state index >= 15 is 0 Å². The van der Waals surface area contributed by atoms with Crippen molar-refractivity contribution in [1.29, 1.82) is 0 Å². The number of rotatable bonds is 8. The fraction of sp³-hybridized carbons (Fsp3) is 0.348. The van der Waals surface area contributed by atoms with Gasteiger partial charge in [-0.25, -0.2) is 0 Å². The fourth-order valence-corrected chi connectivity index (χ4v) is 3.77. The molecule has 156 valence electrons. The molecule has 0 aliphatic heterocycles. The number of ether oxygens (including phenoxy) is 1. The van der Waals surface area contributed by atoms with Crippen LogP contribution in [0.5, 0.6) is 0 Å². The Bertz CT molecular complexity index is 1160. The average Bonchev–Trinajstić information content (AvgIpc) is 3.35. The van der Waals surface area contributed by atoms with Crippen molar-refractivity contribution in [3.8, 4) is 0 Å². The molecule has 1 aromatic carbocycles. The first kappa shape index (κ1) is 20.1. The minimum absolute atomic E-state index is 0.111. The highest BCUT2D eigenvalue weighted by Gasteiger charge is 2.22. The van der Waals surface area contributed by atoms with Crippen LogP contribution in [-0.4, -0.2) is 38.8 Å². The number of carbonyl (C=O) groups is 1. The lowest BCUT2D eigenvalue weighted by molar-refractivity contribution is 0.0929. The normalized spacial score (nSPS) is 12.7. The van der Waals surface area contributed by atoms with Crippen molar-refractivity contribution in [2.75, 3.05) is 13.7 Å². The summed E-state index contributed by atoms with van der Waals surface area (Å²) in [4.78, 5) is 13.1. The second-order valence-electron chi connectivity index (χ2n) is 7.92. The topological polar surface area (TPSA) is 73.4 Å². The number of carbonyl (C=O) groups excluding carboxylic acids is 1. The maximum Gasteiger partial charge on any atom is 0.251 e. The molecule has 4 rings (SSSR count). The monoisotopic (exact) mass is 405 g/mol. The summed E-state index contributed by atoms with van der Waals surface area (Å²) in [6.45, 7) is 5.70. The van der Waals surface area contributed by atoms with Gasteiger partial charge >= 0.3 is 0 Å². The number of amides is 1. The summed E-state index contributed by atoms with van der Waals surface area (Å²) < 4.78 is 9.24. The Labute approximate surface area is 175 Å². The van der Waals surface area contributed by atoms with Gasteiger partial charge in [0.1, 0.15) is 0 Å². The molecule has 0 aliphatic carbocycles. The lowest BCUT2D eigenvalue weighted by atomic mass is 10.0. The first-order valence-corrected chi connectivity index (χ1v) is 10.2. The molecule has 0 fully saturated rings. The second kappa shape index (κ2) is 8.67. The number of aromatic nitrogens is 4.